The Labute approximate surface area is 113 Å². The minimum atomic E-state index is -0.943. The fourth-order valence-corrected chi connectivity index (χ4v) is 2.26. The van der Waals surface area contributed by atoms with Crippen molar-refractivity contribution in [3.8, 4) is 0 Å². The summed E-state index contributed by atoms with van der Waals surface area (Å²) >= 11 is 0. The van der Waals surface area contributed by atoms with Crippen LogP contribution in [0.1, 0.15) is 30.1 Å². The first-order chi connectivity index (χ1) is 8.98. The molecule has 1 aliphatic heterocycles. The van der Waals surface area contributed by atoms with Gasteiger partial charge in [-0.1, -0.05) is 6.92 Å². The van der Waals surface area contributed by atoms with Crippen molar-refractivity contribution in [3.05, 3.63) is 23.9 Å². The second-order valence-corrected chi connectivity index (χ2v) is 5.70. The number of pyridine rings is 1. The van der Waals surface area contributed by atoms with Crippen LogP contribution >= 0.6 is 0 Å². The van der Waals surface area contributed by atoms with Crippen LogP contribution in [0.2, 0.25) is 0 Å². The van der Waals surface area contributed by atoms with Gasteiger partial charge in [0.25, 0.3) is 0 Å². The van der Waals surface area contributed by atoms with Crippen LogP contribution in [0.15, 0.2) is 18.3 Å². The van der Waals surface area contributed by atoms with Crippen molar-refractivity contribution in [1.29, 1.82) is 0 Å². The largest absolute Gasteiger partial charge is 0.478 e. The van der Waals surface area contributed by atoms with Gasteiger partial charge in [-0.3, -0.25) is 0 Å². The van der Waals surface area contributed by atoms with Crippen LogP contribution in [0.3, 0.4) is 0 Å². The molecule has 0 saturated carbocycles. The third kappa shape index (κ3) is 3.67. The van der Waals surface area contributed by atoms with Crippen LogP contribution in [0.5, 0.6) is 0 Å². The van der Waals surface area contributed by atoms with Crippen molar-refractivity contribution >= 4 is 11.8 Å². The minimum Gasteiger partial charge on any atom is -0.478 e. The van der Waals surface area contributed by atoms with Gasteiger partial charge in [-0.15, -0.1) is 0 Å². The molecule has 2 N–H and O–H groups in total. The average Bonchev–Trinajstić information content (AvgIpc) is 2.41. The maximum Gasteiger partial charge on any atom is 0.337 e. The zero-order valence-corrected chi connectivity index (χ0v) is 11.5. The van der Waals surface area contributed by atoms with Crippen LogP contribution in [-0.2, 0) is 0 Å². The molecule has 0 radical (unpaired) electrons. The first kappa shape index (κ1) is 13.8. The Hall–Kier alpha value is -1.62. The van der Waals surface area contributed by atoms with E-state index in [1.807, 2.05) is 0 Å². The molecule has 104 valence electrons. The number of carbonyl (C=O) groups is 1. The number of aromatic nitrogens is 1. The van der Waals surface area contributed by atoms with Gasteiger partial charge in [-0.05, 0) is 50.5 Å². The van der Waals surface area contributed by atoms with Gasteiger partial charge in [0.05, 0.1) is 5.56 Å². The van der Waals surface area contributed by atoms with Gasteiger partial charge in [0, 0.05) is 12.7 Å². The Morgan fingerprint density at radius 2 is 2.16 bits per heavy atom. The van der Waals surface area contributed by atoms with E-state index in [4.69, 9.17) is 5.11 Å². The number of anilines is 1. The van der Waals surface area contributed by atoms with Gasteiger partial charge < -0.3 is 15.3 Å². The molecule has 1 aliphatic rings. The number of hydrogen-bond acceptors (Lipinski definition) is 4. The summed E-state index contributed by atoms with van der Waals surface area (Å²) in [5.41, 5.74) is 0.510. The standard InChI is InChI=1S/C14H21N3O2/c1-14(5-7-17(2)8-6-14)10-16-12-4-3-11(9-15-12)13(18)19/h3-4,9H,5-8,10H2,1-2H3,(H,15,16)(H,18,19). The first-order valence-electron chi connectivity index (χ1n) is 6.60. The lowest BCUT2D eigenvalue weighted by molar-refractivity contribution is 0.0696. The predicted molar refractivity (Wildman–Crippen MR) is 74.5 cm³/mol. The molecule has 0 bridgehead atoms. The average molecular weight is 263 g/mol. The number of rotatable bonds is 4. The summed E-state index contributed by atoms with van der Waals surface area (Å²) < 4.78 is 0. The maximum absolute atomic E-state index is 10.7. The molecule has 0 unspecified atom stereocenters. The van der Waals surface area contributed by atoms with Crippen molar-refractivity contribution < 1.29 is 9.90 Å². The van der Waals surface area contributed by atoms with Crippen molar-refractivity contribution in [2.24, 2.45) is 5.41 Å². The molecule has 0 spiro atoms. The molecule has 1 aromatic rings. The smallest absolute Gasteiger partial charge is 0.337 e. The molecule has 5 heteroatoms. The molecule has 2 rings (SSSR count). The highest BCUT2D eigenvalue weighted by molar-refractivity contribution is 5.87. The Morgan fingerprint density at radius 1 is 1.47 bits per heavy atom. The SMILES string of the molecule is CN1CCC(C)(CNc2ccc(C(=O)O)cn2)CC1. The topological polar surface area (TPSA) is 65.5 Å². The molecular formula is C14H21N3O2. The van der Waals surface area contributed by atoms with Gasteiger partial charge >= 0.3 is 5.97 Å². The predicted octanol–water partition coefficient (Wildman–Crippen LogP) is 1.92. The molecule has 0 aliphatic carbocycles. The Balaban J connectivity index is 1.89. The number of likely N-dealkylation sites (tertiary alicyclic amines) is 1. The minimum absolute atomic E-state index is 0.219. The lowest BCUT2D eigenvalue weighted by Gasteiger charge is -2.38. The summed E-state index contributed by atoms with van der Waals surface area (Å²) in [5, 5.41) is 12.1. The number of nitrogens with one attached hydrogen (secondary N) is 1. The second-order valence-electron chi connectivity index (χ2n) is 5.70. The lowest BCUT2D eigenvalue weighted by Crippen LogP contribution is -2.40. The van der Waals surface area contributed by atoms with Crippen molar-refractivity contribution in [2.75, 3.05) is 32.0 Å². The number of nitrogens with zero attached hydrogens (tertiary/aromatic N) is 2. The number of hydrogen-bond donors (Lipinski definition) is 2. The highest BCUT2D eigenvalue weighted by atomic mass is 16.4. The third-order valence-corrected chi connectivity index (χ3v) is 3.90. The van der Waals surface area contributed by atoms with E-state index in [1.165, 1.54) is 19.0 Å². The van der Waals surface area contributed by atoms with Crippen LogP contribution in [0, 0.1) is 5.41 Å². The Morgan fingerprint density at radius 3 is 2.68 bits per heavy atom. The summed E-state index contributed by atoms with van der Waals surface area (Å²) in [6.45, 7) is 5.42. The maximum atomic E-state index is 10.7. The van der Waals surface area contributed by atoms with Crippen LogP contribution < -0.4 is 5.32 Å². The van der Waals surface area contributed by atoms with Crippen LogP contribution in [0.25, 0.3) is 0 Å². The summed E-state index contributed by atoms with van der Waals surface area (Å²) in [4.78, 5) is 17.2. The van der Waals surface area contributed by atoms with E-state index in [0.717, 1.165) is 25.5 Å². The monoisotopic (exact) mass is 263 g/mol. The highest BCUT2D eigenvalue weighted by Gasteiger charge is 2.28. The van der Waals surface area contributed by atoms with Gasteiger partial charge in [-0.25, -0.2) is 9.78 Å². The van der Waals surface area contributed by atoms with E-state index < -0.39 is 5.97 Å². The molecule has 1 fully saturated rings. The molecule has 5 nitrogen and oxygen atoms in total. The molecule has 0 aromatic carbocycles. The first-order valence-corrected chi connectivity index (χ1v) is 6.60. The molecule has 19 heavy (non-hydrogen) atoms. The summed E-state index contributed by atoms with van der Waals surface area (Å²) in [7, 11) is 2.15. The summed E-state index contributed by atoms with van der Waals surface area (Å²) in [5.74, 6) is -0.202. The van der Waals surface area contributed by atoms with Gasteiger partial charge in [-0.2, -0.15) is 0 Å². The zero-order valence-electron chi connectivity index (χ0n) is 11.5. The van der Waals surface area contributed by atoms with E-state index in [1.54, 1.807) is 12.1 Å². The van der Waals surface area contributed by atoms with E-state index in [2.05, 4.69) is 29.2 Å². The molecular weight excluding hydrogens is 242 g/mol. The van der Waals surface area contributed by atoms with E-state index in [0.29, 0.717) is 5.41 Å². The fraction of sp³-hybridized carbons (Fsp3) is 0.571. The molecule has 0 amide bonds. The van der Waals surface area contributed by atoms with E-state index >= 15 is 0 Å². The molecule has 0 atom stereocenters. The number of carboxylic acid groups (broad SMARTS) is 1. The summed E-state index contributed by atoms with van der Waals surface area (Å²) in [6.07, 6.45) is 3.73. The molecule has 1 aromatic heterocycles. The number of carboxylic acids is 1. The lowest BCUT2D eigenvalue weighted by atomic mass is 9.80. The van der Waals surface area contributed by atoms with Gasteiger partial charge in [0.15, 0.2) is 0 Å². The van der Waals surface area contributed by atoms with Crippen molar-refractivity contribution in [1.82, 2.24) is 9.88 Å². The van der Waals surface area contributed by atoms with E-state index in [-0.39, 0.29) is 5.56 Å². The quantitative estimate of drug-likeness (QED) is 0.869. The van der Waals surface area contributed by atoms with Gasteiger partial charge in [0.2, 0.25) is 0 Å². The van der Waals surface area contributed by atoms with Crippen LogP contribution in [-0.4, -0.2) is 47.6 Å². The number of piperidine rings is 1. The highest BCUT2D eigenvalue weighted by Crippen LogP contribution is 2.30. The second kappa shape index (κ2) is 5.57. The fourth-order valence-electron chi connectivity index (χ4n) is 2.26. The van der Waals surface area contributed by atoms with Crippen molar-refractivity contribution in [3.63, 3.8) is 0 Å². The van der Waals surface area contributed by atoms with Crippen molar-refractivity contribution in [2.45, 2.75) is 19.8 Å². The Kier molecular flexibility index (Phi) is 4.04. The molecule has 2 heterocycles. The molecule has 1 saturated heterocycles. The van der Waals surface area contributed by atoms with E-state index in [9.17, 15) is 4.79 Å². The number of aromatic carboxylic acids is 1. The summed E-state index contributed by atoms with van der Waals surface area (Å²) in [6, 6.07) is 3.30. The Bertz CT molecular complexity index is 437. The normalized spacial score (nSPS) is 19.1. The zero-order chi connectivity index (χ0) is 13.9. The van der Waals surface area contributed by atoms with Gasteiger partial charge in [0.1, 0.15) is 5.82 Å². The third-order valence-electron chi connectivity index (χ3n) is 3.90. The van der Waals surface area contributed by atoms with Crippen LogP contribution in [0.4, 0.5) is 5.82 Å².